The first-order valence-corrected chi connectivity index (χ1v) is 9.48. The van der Waals surface area contributed by atoms with Gasteiger partial charge in [-0.15, -0.1) is 10.2 Å². The van der Waals surface area contributed by atoms with Gasteiger partial charge in [0.25, 0.3) is 5.22 Å². The predicted molar refractivity (Wildman–Crippen MR) is 105 cm³/mol. The van der Waals surface area contributed by atoms with Crippen LogP contribution in [0.3, 0.4) is 0 Å². The lowest BCUT2D eigenvalue weighted by molar-refractivity contribution is 0.102. The molecule has 0 fully saturated rings. The van der Waals surface area contributed by atoms with Crippen molar-refractivity contribution in [2.24, 2.45) is 0 Å². The SMILES string of the molecule is Cc1cc(C)cc(-c2nnc(SCC(=O)c3c(C)cc(C)cc3C)o2)c1. The van der Waals surface area contributed by atoms with Gasteiger partial charge in [-0.05, 0) is 57.9 Å². The molecular formula is C21H22N2O2S. The number of rotatable bonds is 5. The van der Waals surface area contributed by atoms with E-state index in [4.69, 9.17) is 4.42 Å². The lowest BCUT2D eigenvalue weighted by Crippen LogP contribution is -2.07. The van der Waals surface area contributed by atoms with Crippen molar-refractivity contribution in [2.75, 3.05) is 5.75 Å². The Balaban J connectivity index is 1.73. The summed E-state index contributed by atoms with van der Waals surface area (Å²) in [6.07, 6.45) is 0. The quantitative estimate of drug-likeness (QED) is 0.456. The Labute approximate surface area is 158 Å². The fraction of sp³-hybridized carbons (Fsp3) is 0.286. The van der Waals surface area contributed by atoms with Gasteiger partial charge in [-0.25, -0.2) is 0 Å². The van der Waals surface area contributed by atoms with Crippen LogP contribution in [-0.4, -0.2) is 21.7 Å². The maximum atomic E-state index is 12.6. The minimum Gasteiger partial charge on any atom is -0.411 e. The van der Waals surface area contributed by atoms with Crippen molar-refractivity contribution in [1.82, 2.24) is 10.2 Å². The number of nitrogens with zero attached hydrogens (tertiary/aromatic N) is 2. The van der Waals surface area contributed by atoms with E-state index in [2.05, 4.69) is 16.3 Å². The molecule has 0 N–H and O–H groups in total. The number of hydrogen-bond donors (Lipinski definition) is 0. The van der Waals surface area contributed by atoms with Gasteiger partial charge >= 0.3 is 0 Å². The Hall–Kier alpha value is -2.40. The van der Waals surface area contributed by atoms with E-state index in [1.807, 2.05) is 58.9 Å². The molecule has 0 bridgehead atoms. The zero-order valence-electron chi connectivity index (χ0n) is 15.7. The number of carbonyl (C=O) groups is 1. The van der Waals surface area contributed by atoms with E-state index in [0.29, 0.717) is 11.1 Å². The summed E-state index contributed by atoms with van der Waals surface area (Å²) in [6, 6.07) is 10.2. The van der Waals surface area contributed by atoms with Crippen LogP contribution in [0.2, 0.25) is 0 Å². The molecule has 4 nitrogen and oxygen atoms in total. The summed E-state index contributed by atoms with van der Waals surface area (Å²) in [5, 5.41) is 8.60. The first-order valence-electron chi connectivity index (χ1n) is 8.49. The lowest BCUT2D eigenvalue weighted by Gasteiger charge is -2.09. The van der Waals surface area contributed by atoms with Gasteiger partial charge in [0.1, 0.15) is 0 Å². The van der Waals surface area contributed by atoms with Gasteiger partial charge < -0.3 is 4.42 Å². The van der Waals surface area contributed by atoms with Crippen LogP contribution >= 0.6 is 11.8 Å². The summed E-state index contributed by atoms with van der Waals surface area (Å²) < 4.78 is 5.73. The van der Waals surface area contributed by atoms with Gasteiger partial charge in [0, 0.05) is 11.1 Å². The van der Waals surface area contributed by atoms with E-state index in [9.17, 15) is 4.79 Å². The first-order chi connectivity index (χ1) is 12.3. The standard InChI is InChI=1S/C21H22N2O2S/c1-12-6-13(2)10-17(9-12)20-22-23-21(25-20)26-11-18(24)19-15(4)7-14(3)8-16(19)5/h6-10H,11H2,1-5H3. The number of Topliss-reactive ketones (excluding diaryl/α,β-unsaturated/α-hetero) is 1. The summed E-state index contributed by atoms with van der Waals surface area (Å²) in [4.78, 5) is 12.6. The highest BCUT2D eigenvalue weighted by Gasteiger charge is 2.16. The lowest BCUT2D eigenvalue weighted by atomic mass is 9.97. The fourth-order valence-corrected chi connectivity index (χ4v) is 3.94. The summed E-state index contributed by atoms with van der Waals surface area (Å²) >= 11 is 1.28. The number of benzene rings is 2. The largest absolute Gasteiger partial charge is 0.411 e. The minimum atomic E-state index is 0.0798. The van der Waals surface area contributed by atoms with Gasteiger partial charge in [-0.2, -0.15) is 0 Å². The maximum absolute atomic E-state index is 12.6. The van der Waals surface area contributed by atoms with Crippen LogP contribution in [0.5, 0.6) is 0 Å². The number of hydrogen-bond acceptors (Lipinski definition) is 5. The van der Waals surface area contributed by atoms with Gasteiger partial charge in [-0.3, -0.25) is 4.79 Å². The molecule has 0 aliphatic rings. The van der Waals surface area contributed by atoms with Crippen molar-refractivity contribution >= 4 is 17.5 Å². The second-order valence-electron chi connectivity index (χ2n) is 6.74. The molecule has 0 spiro atoms. The van der Waals surface area contributed by atoms with Crippen LogP contribution in [-0.2, 0) is 0 Å². The summed E-state index contributed by atoms with van der Waals surface area (Å²) in [5.41, 5.74) is 7.17. The molecule has 0 unspecified atom stereocenters. The third-order valence-corrected chi connectivity index (χ3v) is 4.98. The molecule has 1 heterocycles. The van der Waals surface area contributed by atoms with E-state index in [1.165, 1.54) is 17.3 Å². The van der Waals surface area contributed by atoms with Crippen molar-refractivity contribution in [3.8, 4) is 11.5 Å². The Bertz CT molecular complexity index is 933. The number of thioether (sulfide) groups is 1. The van der Waals surface area contributed by atoms with Crippen LogP contribution in [0.4, 0.5) is 0 Å². The van der Waals surface area contributed by atoms with Crippen molar-refractivity contribution in [2.45, 2.75) is 39.8 Å². The number of aryl methyl sites for hydroxylation is 5. The molecule has 26 heavy (non-hydrogen) atoms. The topological polar surface area (TPSA) is 56.0 Å². The van der Waals surface area contributed by atoms with Crippen molar-refractivity contribution in [1.29, 1.82) is 0 Å². The van der Waals surface area contributed by atoms with E-state index >= 15 is 0 Å². The summed E-state index contributed by atoms with van der Waals surface area (Å²) in [5.74, 6) is 0.838. The average molecular weight is 366 g/mol. The highest BCUT2D eigenvalue weighted by Crippen LogP contribution is 2.26. The predicted octanol–water partition coefficient (Wildman–Crippen LogP) is 5.25. The molecule has 0 saturated heterocycles. The third kappa shape index (κ3) is 4.05. The van der Waals surface area contributed by atoms with Gasteiger partial charge in [0.15, 0.2) is 5.78 Å². The number of carbonyl (C=O) groups excluding carboxylic acids is 1. The first kappa shape index (κ1) is 18.4. The van der Waals surface area contributed by atoms with Crippen LogP contribution in [0.1, 0.15) is 38.2 Å². The van der Waals surface area contributed by atoms with Crippen LogP contribution in [0, 0.1) is 34.6 Å². The van der Waals surface area contributed by atoms with Crippen molar-refractivity contribution < 1.29 is 9.21 Å². The van der Waals surface area contributed by atoms with Crippen LogP contribution < -0.4 is 0 Å². The summed E-state index contributed by atoms with van der Waals surface area (Å²) in [6.45, 7) is 10.1. The van der Waals surface area contributed by atoms with Gasteiger partial charge in [0.2, 0.25) is 5.89 Å². The number of ketones is 1. The summed E-state index contributed by atoms with van der Waals surface area (Å²) in [7, 11) is 0. The van der Waals surface area contributed by atoms with Crippen LogP contribution in [0.25, 0.3) is 11.5 Å². The molecule has 0 aliphatic heterocycles. The Kier molecular flexibility index (Phi) is 5.28. The molecular weight excluding hydrogens is 344 g/mol. The smallest absolute Gasteiger partial charge is 0.277 e. The Morgan fingerprint density at radius 2 is 1.46 bits per heavy atom. The molecule has 0 atom stereocenters. The van der Waals surface area contributed by atoms with Gasteiger partial charge in [0.05, 0.1) is 5.75 Å². The van der Waals surface area contributed by atoms with E-state index in [1.54, 1.807) is 0 Å². The zero-order valence-corrected chi connectivity index (χ0v) is 16.5. The molecule has 0 aliphatic carbocycles. The minimum absolute atomic E-state index is 0.0798. The van der Waals surface area contributed by atoms with E-state index < -0.39 is 0 Å². The number of aromatic nitrogens is 2. The van der Waals surface area contributed by atoms with Gasteiger partial charge in [-0.1, -0.05) is 46.7 Å². The molecule has 2 aromatic carbocycles. The van der Waals surface area contributed by atoms with Crippen molar-refractivity contribution in [3.05, 3.63) is 63.7 Å². The molecule has 134 valence electrons. The second kappa shape index (κ2) is 7.46. The monoisotopic (exact) mass is 366 g/mol. The molecule has 0 radical (unpaired) electrons. The molecule has 3 rings (SSSR count). The zero-order chi connectivity index (χ0) is 18.8. The van der Waals surface area contributed by atoms with Crippen molar-refractivity contribution in [3.63, 3.8) is 0 Å². The molecule has 1 aromatic heterocycles. The molecule has 3 aromatic rings. The Morgan fingerprint density at radius 3 is 2.08 bits per heavy atom. The van der Waals surface area contributed by atoms with E-state index in [0.717, 1.165) is 33.4 Å². The highest BCUT2D eigenvalue weighted by atomic mass is 32.2. The third-order valence-electron chi connectivity index (χ3n) is 4.16. The Morgan fingerprint density at radius 1 is 0.885 bits per heavy atom. The highest BCUT2D eigenvalue weighted by molar-refractivity contribution is 7.99. The van der Waals surface area contributed by atoms with Crippen LogP contribution in [0.15, 0.2) is 40.0 Å². The normalized spacial score (nSPS) is 11.0. The molecule has 0 amide bonds. The van der Waals surface area contributed by atoms with E-state index in [-0.39, 0.29) is 11.5 Å². The molecule has 5 heteroatoms. The average Bonchev–Trinajstić information content (AvgIpc) is 3.00. The second-order valence-corrected chi connectivity index (χ2v) is 7.66. The molecule has 0 saturated carbocycles. The fourth-order valence-electron chi connectivity index (χ4n) is 3.30. The maximum Gasteiger partial charge on any atom is 0.277 e.